The second-order valence-corrected chi connectivity index (χ2v) is 7.74. The van der Waals surface area contributed by atoms with E-state index in [4.69, 9.17) is 0 Å². The van der Waals surface area contributed by atoms with Gasteiger partial charge in [0.05, 0.1) is 5.69 Å². The van der Waals surface area contributed by atoms with Crippen molar-refractivity contribution in [2.24, 2.45) is 7.05 Å². The molecule has 1 aliphatic rings. The minimum absolute atomic E-state index is 0.211. The number of nitrogens with one attached hydrogen (secondary N) is 1. The van der Waals surface area contributed by atoms with Crippen LogP contribution in [-0.2, 0) is 26.6 Å². The third-order valence-corrected chi connectivity index (χ3v) is 5.64. The van der Waals surface area contributed by atoms with Gasteiger partial charge in [0.2, 0.25) is 0 Å². The SMILES string of the molecule is Cn1ccc(C(=O)Nc2nc3c(s2)CN(Cc2ccccc2)CC3)cc1=O. The van der Waals surface area contributed by atoms with Gasteiger partial charge in [0.25, 0.3) is 11.5 Å². The number of aryl methyl sites for hydroxylation is 1. The predicted molar refractivity (Wildman–Crippen MR) is 106 cm³/mol. The maximum atomic E-state index is 12.4. The molecule has 0 fully saturated rings. The normalized spacial score (nSPS) is 14.0. The third-order valence-electron chi connectivity index (χ3n) is 4.65. The Bertz CT molecular complexity index is 1030. The second-order valence-electron chi connectivity index (χ2n) is 6.65. The number of pyridine rings is 1. The van der Waals surface area contributed by atoms with Crippen molar-refractivity contribution in [1.29, 1.82) is 0 Å². The van der Waals surface area contributed by atoms with Crippen molar-refractivity contribution in [3.63, 3.8) is 0 Å². The van der Waals surface area contributed by atoms with Crippen LogP contribution < -0.4 is 10.9 Å². The molecule has 0 saturated carbocycles. The quantitative estimate of drug-likeness (QED) is 0.756. The molecule has 0 saturated heterocycles. The molecule has 3 heterocycles. The molecule has 0 bridgehead atoms. The molecule has 138 valence electrons. The summed E-state index contributed by atoms with van der Waals surface area (Å²) in [6.45, 7) is 2.70. The summed E-state index contributed by atoms with van der Waals surface area (Å²) in [7, 11) is 1.65. The molecular weight excluding hydrogens is 360 g/mol. The van der Waals surface area contributed by atoms with E-state index in [9.17, 15) is 9.59 Å². The van der Waals surface area contributed by atoms with E-state index in [1.165, 1.54) is 32.4 Å². The van der Waals surface area contributed by atoms with Crippen molar-refractivity contribution in [3.8, 4) is 0 Å². The molecule has 0 unspecified atom stereocenters. The van der Waals surface area contributed by atoms with Crippen LogP contribution in [0.15, 0.2) is 53.5 Å². The van der Waals surface area contributed by atoms with Crippen LogP contribution in [0.5, 0.6) is 0 Å². The lowest BCUT2D eigenvalue weighted by atomic mass is 10.1. The number of rotatable bonds is 4. The van der Waals surface area contributed by atoms with E-state index >= 15 is 0 Å². The van der Waals surface area contributed by atoms with E-state index in [-0.39, 0.29) is 11.5 Å². The van der Waals surface area contributed by atoms with Gasteiger partial charge in [0, 0.05) is 55.8 Å². The lowest BCUT2D eigenvalue weighted by Gasteiger charge is -2.25. The predicted octanol–water partition coefficient (Wildman–Crippen LogP) is 2.65. The summed E-state index contributed by atoms with van der Waals surface area (Å²) in [6.07, 6.45) is 2.46. The van der Waals surface area contributed by atoms with Crippen LogP contribution in [0, 0.1) is 0 Å². The Hall–Kier alpha value is -2.77. The van der Waals surface area contributed by atoms with Crippen LogP contribution in [0.2, 0.25) is 0 Å². The molecule has 0 radical (unpaired) electrons. The van der Waals surface area contributed by atoms with Crippen LogP contribution in [0.4, 0.5) is 5.13 Å². The van der Waals surface area contributed by atoms with Crippen LogP contribution in [-0.4, -0.2) is 26.9 Å². The molecule has 3 aromatic rings. The first-order valence-electron chi connectivity index (χ1n) is 8.81. The number of amides is 1. The number of aromatic nitrogens is 2. The Morgan fingerprint density at radius 2 is 2.07 bits per heavy atom. The van der Waals surface area contributed by atoms with Crippen molar-refractivity contribution in [1.82, 2.24) is 14.5 Å². The second kappa shape index (κ2) is 7.46. The molecule has 1 amide bonds. The Kier molecular flexibility index (Phi) is 4.87. The molecule has 27 heavy (non-hydrogen) atoms. The molecular formula is C20H20N4O2S. The Labute approximate surface area is 161 Å². The fraction of sp³-hybridized carbons (Fsp3) is 0.250. The molecule has 0 aliphatic carbocycles. The van der Waals surface area contributed by atoms with Crippen molar-refractivity contribution < 1.29 is 4.79 Å². The highest BCUT2D eigenvalue weighted by atomic mass is 32.1. The van der Waals surface area contributed by atoms with Crippen LogP contribution >= 0.6 is 11.3 Å². The standard InChI is InChI=1S/C20H20N4O2S/c1-23-9-7-15(11-18(23)25)19(26)22-20-21-16-8-10-24(13-17(16)27-20)12-14-5-3-2-4-6-14/h2-7,9,11H,8,10,12-13H2,1H3,(H,21,22,26). The van der Waals surface area contributed by atoms with Crippen LogP contribution in [0.1, 0.15) is 26.5 Å². The highest BCUT2D eigenvalue weighted by Gasteiger charge is 2.21. The molecule has 6 nitrogen and oxygen atoms in total. The van der Waals surface area contributed by atoms with Crippen molar-refractivity contribution in [2.75, 3.05) is 11.9 Å². The van der Waals surface area contributed by atoms with Crippen LogP contribution in [0.25, 0.3) is 0 Å². The number of carbonyl (C=O) groups excluding carboxylic acids is 1. The summed E-state index contributed by atoms with van der Waals surface area (Å²) in [5.41, 5.74) is 2.49. The summed E-state index contributed by atoms with van der Waals surface area (Å²) in [5, 5.41) is 3.42. The number of hydrogen-bond acceptors (Lipinski definition) is 5. The summed E-state index contributed by atoms with van der Waals surface area (Å²) in [4.78, 5) is 32.3. The lowest BCUT2D eigenvalue weighted by Crippen LogP contribution is -2.29. The van der Waals surface area contributed by atoms with E-state index in [0.717, 1.165) is 31.7 Å². The van der Waals surface area contributed by atoms with Gasteiger partial charge in [-0.05, 0) is 11.6 Å². The molecule has 4 rings (SSSR count). The Morgan fingerprint density at radius 3 is 2.85 bits per heavy atom. The van der Waals surface area contributed by atoms with Gasteiger partial charge in [-0.25, -0.2) is 4.98 Å². The number of hydrogen-bond donors (Lipinski definition) is 1. The number of fused-ring (bicyclic) bond motifs is 1. The molecule has 1 N–H and O–H groups in total. The first-order valence-corrected chi connectivity index (χ1v) is 9.63. The van der Waals surface area contributed by atoms with Gasteiger partial charge >= 0.3 is 0 Å². The smallest absolute Gasteiger partial charge is 0.257 e. The molecule has 0 atom stereocenters. The van der Waals surface area contributed by atoms with E-state index in [1.807, 2.05) is 6.07 Å². The van der Waals surface area contributed by atoms with Gasteiger partial charge < -0.3 is 4.57 Å². The average molecular weight is 380 g/mol. The lowest BCUT2D eigenvalue weighted by molar-refractivity contribution is 0.102. The Balaban J connectivity index is 1.44. The van der Waals surface area contributed by atoms with Crippen molar-refractivity contribution in [3.05, 3.63) is 80.7 Å². The number of carbonyl (C=O) groups is 1. The molecule has 1 aliphatic heterocycles. The summed E-state index contributed by atoms with van der Waals surface area (Å²) >= 11 is 1.51. The minimum Gasteiger partial charge on any atom is -0.319 e. The maximum Gasteiger partial charge on any atom is 0.257 e. The number of benzene rings is 1. The van der Waals surface area contributed by atoms with E-state index in [0.29, 0.717) is 10.7 Å². The largest absolute Gasteiger partial charge is 0.319 e. The summed E-state index contributed by atoms with van der Waals surface area (Å²) in [6, 6.07) is 13.4. The van der Waals surface area contributed by atoms with Gasteiger partial charge in [0.15, 0.2) is 5.13 Å². The summed E-state index contributed by atoms with van der Waals surface area (Å²) < 4.78 is 1.43. The zero-order valence-electron chi connectivity index (χ0n) is 15.0. The Morgan fingerprint density at radius 1 is 1.26 bits per heavy atom. The van der Waals surface area contributed by atoms with Gasteiger partial charge in [-0.1, -0.05) is 30.3 Å². The van der Waals surface area contributed by atoms with Crippen molar-refractivity contribution >= 4 is 22.4 Å². The molecule has 7 heteroatoms. The number of anilines is 1. The van der Waals surface area contributed by atoms with E-state index in [1.54, 1.807) is 19.3 Å². The number of thiazole rings is 1. The average Bonchev–Trinajstić information content (AvgIpc) is 3.06. The van der Waals surface area contributed by atoms with E-state index < -0.39 is 0 Å². The monoisotopic (exact) mass is 380 g/mol. The van der Waals surface area contributed by atoms with E-state index in [2.05, 4.69) is 39.5 Å². The number of nitrogens with zero attached hydrogens (tertiary/aromatic N) is 3. The minimum atomic E-state index is -0.306. The van der Waals surface area contributed by atoms with Gasteiger partial charge in [-0.2, -0.15) is 0 Å². The first-order chi connectivity index (χ1) is 13.1. The van der Waals surface area contributed by atoms with Crippen LogP contribution in [0.3, 0.4) is 0 Å². The topological polar surface area (TPSA) is 67.2 Å². The zero-order valence-corrected chi connectivity index (χ0v) is 15.8. The first kappa shape index (κ1) is 17.6. The van der Waals surface area contributed by atoms with Gasteiger partial charge in [0.1, 0.15) is 0 Å². The fourth-order valence-corrected chi connectivity index (χ4v) is 4.18. The highest BCUT2D eigenvalue weighted by Crippen LogP contribution is 2.29. The molecule has 1 aromatic carbocycles. The third kappa shape index (κ3) is 3.99. The maximum absolute atomic E-state index is 12.4. The highest BCUT2D eigenvalue weighted by molar-refractivity contribution is 7.15. The van der Waals surface area contributed by atoms with Gasteiger partial charge in [-0.3, -0.25) is 19.8 Å². The zero-order chi connectivity index (χ0) is 18.8. The molecule has 0 spiro atoms. The summed E-state index contributed by atoms with van der Waals surface area (Å²) in [5.74, 6) is -0.306. The van der Waals surface area contributed by atoms with Crippen molar-refractivity contribution in [2.45, 2.75) is 19.5 Å². The van der Waals surface area contributed by atoms with Gasteiger partial charge in [-0.15, -0.1) is 11.3 Å². The molecule has 2 aromatic heterocycles. The fourth-order valence-electron chi connectivity index (χ4n) is 3.14.